The number of aromatic amines is 1. The zero-order chi connectivity index (χ0) is 15.2. The number of fused-ring (bicyclic) bond motifs is 1. The number of halogens is 3. The first-order chi connectivity index (χ1) is 9.84. The minimum Gasteiger partial charge on any atom is -0.476 e. The highest BCUT2D eigenvalue weighted by atomic mass is 19.4. The molecule has 21 heavy (non-hydrogen) atoms. The first-order valence-corrected chi connectivity index (χ1v) is 5.74. The lowest BCUT2D eigenvalue weighted by molar-refractivity contribution is -0.137. The van der Waals surface area contributed by atoms with Crippen LogP contribution < -0.4 is 0 Å². The number of aromatic carboxylic acids is 1. The van der Waals surface area contributed by atoms with Crippen molar-refractivity contribution in [2.24, 2.45) is 0 Å². The fourth-order valence-corrected chi connectivity index (χ4v) is 1.90. The molecule has 2 aromatic heterocycles. The van der Waals surface area contributed by atoms with Crippen LogP contribution in [0.2, 0.25) is 0 Å². The lowest BCUT2D eigenvalue weighted by Crippen LogP contribution is -2.03. The zero-order valence-corrected chi connectivity index (χ0v) is 10.2. The zero-order valence-electron chi connectivity index (χ0n) is 10.2. The number of hydrogen-bond acceptors (Lipinski definition) is 3. The maximum atomic E-state index is 12.6. The van der Waals surface area contributed by atoms with Crippen LogP contribution in [0.15, 0.2) is 34.7 Å². The van der Waals surface area contributed by atoms with Crippen molar-refractivity contribution in [3.63, 3.8) is 0 Å². The summed E-state index contributed by atoms with van der Waals surface area (Å²) in [6.07, 6.45) is -4.45. The van der Waals surface area contributed by atoms with Gasteiger partial charge in [-0.25, -0.2) is 4.79 Å². The topological polar surface area (TPSA) is 79.1 Å². The normalized spacial score (nSPS) is 12.0. The van der Waals surface area contributed by atoms with Gasteiger partial charge in [0.15, 0.2) is 11.5 Å². The highest BCUT2D eigenvalue weighted by Crippen LogP contribution is 2.34. The maximum Gasteiger partial charge on any atom is 0.416 e. The van der Waals surface area contributed by atoms with E-state index in [0.717, 1.165) is 12.1 Å². The molecule has 0 saturated heterocycles. The Balaban J connectivity index is 2.06. The number of nitrogens with one attached hydrogen (secondary N) is 1. The molecule has 0 atom stereocenters. The Morgan fingerprint density at radius 3 is 2.62 bits per heavy atom. The number of hydrogen-bond donors (Lipinski definition) is 2. The van der Waals surface area contributed by atoms with Crippen molar-refractivity contribution in [2.75, 3.05) is 0 Å². The second kappa shape index (κ2) is 4.37. The smallest absolute Gasteiger partial charge is 0.416 e. The van der Waals surface area contributed by atoms with Gasteiger partial charge >= 0.3 is 12.1 Å². The molecule has 0 saturated carbocycles. The summed E-state index contributed by atoms with van der Waals surface area (Å²) in [6.45, 7) is 0. The van der Waals surface area contributed by atoms with E-state index in [0.29, 0.717) is 5.39 Å². The standard InChI is InChI=1S/C13H7F3N2O3/c14-13(15,16)7-2-1-6-3-11(21-10(6)4-7)8-5-9(12(19)20)18-17-8/h1-5H,(H,17,18)(H,19,20). The summed E-state index contributed by atoms with van der Waals surface area (Å²) in [5, 5.41) is 15.3. The van der Waals surface area contributed by atoms with E-state index in [9.17, 15) is 18.0 Å². The van der Waals surface area contributed by atoms with Crippen LogP contribution in [0.4, 0.5) is 13.2 Å². The second-order valence-corrected chi connectivity index (χ2v) is 4.33. The molecule has 1 aromatic carbocycles. The molecule has 2 heterocycles. The first kappa shape index (κ1) is 13.2. The molecule has 0 aliphatic rings. The molecule has 108 valence electrons. The van der Waals surface area contributed by atoms with Gasteiger partial charge in [0, 0.05) is 11.5 Å². The third-order valence-corrected chi connectivity index (χ3v) is 2.91. The number of nitrogens with zero attached hydrogens (tertiary/aromatic N) is 1. The van der Waals surface area contributed by atoms with Crippen LogP contribution in [-0.2, 0) is 6.18 Å². The van der Waals surface area contributed by atoms with E-state index in [4.69, 9.17) is 9.52 Å². The van der Waals surface area contributed by atoms with Gasteiger partial charge < -0.3 is 9.52 Å². The summed E-state index contributed by atoms with van der Waals surface area (Å²) < 4.78 is 43.2. The van der Waals surface area contributed by atoms with E-state index in [1.165, 1.54) is 18.2 Å². The van der Waals surface area contributed by atoms with Crippen molar-refractivity contribution in [3.05, 3.63) is 41.6 Å². The molecule has 8 heteroatoms. The number of aromatic nitrogens is 2. The molecular formula is C13H7F3N2O3. The Hall–Kier alpha value is -2.77. The predicted molar refractivity (Wildman–Crippen MR) is 65.8 cm³/mol. The van der Waals surface area contributed by atoms with Crippen LogP contribution in [0.1, 0.15) is 16.1 Å². The molecule has 0 bridgehead atoms. The van der Waals surface area contributed by atoms with Gasteiger partial charge in [-0.15, -0.1) is 0 Å². The van der Waals surface area contributed by atoms with Gasteiger partial charge in [-0.05, 0) is 18.2 Å². The van der Waals surface area contributed by atoms with E-state index < -0.39 is 17.7 Å². The number of rotatable bonds is 2. The molecule has 0 aliphatic heterocycles. The van der Waals surface area contributed by atoms with Gasteiger partial charge in [0.05, 0.1) is 5.56 Å². The maximum absolute atomic E-state index is 12.6. The summed E-state index contributed by atoms with van der Waals surface area (Å²) in [5.74, 6) is -1.00. The minimum atomic E-state index is -4.45. The SMILES string of the molecule is O=C(O)c1cc(-c2cc3ccc(C(F)(F)F)cc3o2)[nH]n1. The quantitative estimate of drug-likeness (QED) is 0.758. The van der Waals surface area contributed by atoms with Gasteiger partial charge in [0.2, 0.25) is 0 Å². The average Bonchev–Trinajstić information content (AvgIpc) is 3.03. The molecule has 3 rings (SSSR count). The minimum absolute atomic E-state index is 0.0614. The fourth-order valence-electron chi connectivity index (χ4n) is 1.90. The van der Waals surface area contributed by atoms with Crippen molar-refractivity contribution < 1.29 is 27.5 Å². The molecule has 0 fully saturated rings. The highest BCUT2D eigenvalue weighted by Gasteiger charge is 2.31. The third-order valence-electron chi connectivity index (χ3n) is 2.91. The van der Waals surface area contributed by atoms with Gasteiger partial charge in [0.1, 0.15) is 11.3 Å². The van der Waals surface area contributed by atoms with Crippen LogP contribution in [0.3, 0.4) is 0 Å². The van der Waals surface area contributed by atoms with Crippen LogP contribution in [0, 0.1) is 0 Å². The van der Waals surface area contributed by atoms with Crippen molar-refractivity contribution >= 4 is 16.9 Å². The van der Waals surface area contributed by atoms with Crippen LogP contribution in [0.5, 0.6) is 0 Å². The summed E-state index contributed by atoms with van der Waals surface area (Å²) in [7, 11) is 0. The number of H-pyrrole nitrogens is 1. The average molecular weight is 296 g/mol. The molecular weight excluding hydrogens is 289 g/mol. The molecule has 0 aliphatic carbocycles. The Morgan fingerprint density at radius 2 is 2.00 bits per heavy atom. The van der Waals surface area contributed by atoms with Gasteiger partial charge in [-0.1, -0.05) is 6.07 Å². The number of alkyl halides is 3. The number of carbonyl (C=O) groups is 1. The van der Waals surface area contributed by atoms with Crippen molar-refractivity contribution in [3.8, 4) is 11.5 Å². The lowest BCUT2D eigenvalue weighted by Gasteiger charge is -2.04. The number of furan rings is 1. The summed E-state index contributed by atoms with van der Waals surface area (Å²) in [6, 6.07) is 5.89. The monoisotopic (exact) mass is 296 g/mol. The summed E-state index contributed by atoms with van der Waals surface area (Å²) >= 11 is 0. The van der Waals surface area contributed by atoms with E-state index in [1.54, 1.807) is 0 Å². The Bertz CT molecular complexity index is 833. The van der Waals surface area contributed by atoms with Gasteiger partial charge in [0.25, 0.3) is 0 Å². The van der Waals surface area contributed by atoms with Crippen molar-refractivity contribution in [1.29, 1.82) is 0 Å². The Kier molecular flexibility index (Phi) is 2.75. The van der Waals surface area contributed by atoms with E-state index in [1.807, 2.05) is 0 Å². The summed E-state index contributed by atoms with van der Waals surface area (Å²) in [5.41, 5.74) is -0.684. The Morgan fingerprint density at radius 1 is 1.24 bits per heavy atom. The van der Waals surface area contributed by atoms with Gasteiger partial charge in [-0.3, -0.25) is 5.10 Å². The number of carboxylic acid groups (broad SMARTS) is 1. The predicted octanol–water partition coefficient (Wildman–Crippen LogP) is 3.54. The van der Waals surface area contributed by atoms with E-state index in [2.05, 4.69) is 10.2 Å². The highest BCUT2D eigenvalue weighted by molar-refractivity contribution is 5.88. The largest absolute Gasteiger partial charge is 0.476 e. The lowest BCUT2D eigenvalue weighted by atomic mass is 10.1. The van der Waals surface area contributed by atoms with Crippen molar-refractivity contribution in [2.45, 2.75) is 6.18 Å². The number of benzene rings is 1. The van der Waals surface area contributed by atoms with Crippen molar-refractivity contribution in [1.82, 2.24) is 10.2 Å². The number of carboxylic acids is 1. The van der Waals surface area contributed by atoms with E-state index in [-0.39, 0.29) is 22.7 Å². The Labute approximate surface area is 115 Å². The third kappa shape index (κ3) is 2.35. The molecule has 0 spiro atoms. The summed E-state index contributed by atoms with van der Waals surface area (Å²) in [4.78, 5) is 10.7. The van der Waals surface area contributed by atoms with Crippen LogP contribution in [-0.4, -0.2) is 21.3 Å². The molecule has 3 aromatic rings. The molecule has 5 nitrogen and oxygen atoms in total. The second-order valence-electron chi connectivity index (χ2n) is 4.33. The van der Waals surface area contributed by atoms with Gasteiger partial charge in [-0.2, -0.15) is 18.3 Å². The van der Waals surface area contributed by atoms with Crippen LogP contribution >= 0.6 is 0 Å². The first-order valence-electron chi connectivity index (χ1n) is 5.74. The fraction of sp³-hybridized carbons (Fsp3) is 0.0769. The molecule has 0 unspecified atom stereocenters. The molecule has 0 radical (unpaired) electrons. The molecule has 0 amide bonds. The molecule has 2 N–H and O–H groups in total. The van der Waals surface area contributed by atoms with Crippen LogP contribution in [0.25, 0.3) is 22.4 Å². The van der Waals surface area contributed by atoms with E-state index >= 15 is 0 Å².